The number of hydrogen-bond donors (Lipinski definition) is 1. The van der Waals surface area contributed by atoms with Crippen molar-refractivity contribution < 1.29 is 38.3 Å². The van der Waals surface area contributed by atoms with E-state index in [0.29, 0.717) is 24.9 Å². The van der Waals surface area contributed by atoms with E-state index in [1.54, 1.807) is 72.9 Å². The third-order valence-corrected chi connectivity index (χ3v) is 13.7. The number of likely N-dealkylation sites (N-methyl/N-ethyl adjacent to an activating group) is 1. The van der Waals surface area contributed by atoms with Crippen LogP contribution in [0.2, 0.25) is 0 Å². The first-order valence-corrected chi connectivity index (χ1v) is 21.3. The number of nitrogens with zero attached hydrogens (tertiary/aromatic N) is 2. The van der Waals surface area contributed by atoms with Gasteiger partial charge in [0, 0.05) is 52.2 Å². The van der Waals surface area contributed by atoms with Gasteiger partial charge < -0.3 is 19.9 Å². The molecule has 13 heteroatoms. The average Bonchev–Trinajstić information content (AvgIpc) is 3.88. The molecule has 1 aromatic rings. The molecule has 1 saturated carbocycles. The van der Waals surface area contributed by atoms with Gasteiger partial charge in [0.25, 0.3) is 0 Å². The number of carbonyl (C=O) groups excluding carboxylic acids is 7. The number of rotatable bonds is 18. The van der Waals surface area contributed by atoms with E-state index in [0.717, 1.165) is 30.8 Å². The van der Waals surface area contributed by atoms with Crippen LogP contribution in [0.1, 0.15) is 104 Å². The molecule has 2 aliphatic heterocycles. The van der Waals surface area contributed by atoms with Gasteiger partial charge in [-0.3, -0.25) is 33.6 Å². The standard InChI is InChI=1S/C41H59N3O8S2/c1-26(2)24-52-35(48)22-30(40(3,4)5)38(50)44-25-41(53-18-11-19-54-41)23-31(44)33(46)21-29(20-27-14-15-27)37(49)32(45)16-17-34(47)42-36(39(51)43(6)7)28-12-9-8-10-13-28/h8-10,12-13,26-27,29-31,36H,11,14-25H2,1-7H3,(H,42,47)/t29?,30-,31+,36?/m1/s1. The van der Waals surface area contributed by atoms with Crippen LogP contribution in [0.5, 0.6) is 0 Å². The second-order valence-electron chi connectivity index (χ2n) is 16.8. The van der Waals surface area contributed by atoms with Crippen molar-refractivity contribution in [2.24, 2.45) is 29.1 Å². The SMILES string of the molecule is CC(C)COC(=O)C[C@H](C(=O)N1CC2(C[C@H]1C(=O)CC(CC1CC1)C(=O)C(=O)CCC(=O)NC(C(=O)N(C)C)c1ccccc1)SCCCS2)C(C)(C)C. The zero-order valence-corrected chi connectivity index (χ0v) is 34.7. The number of benzene rings is 1. The van der Waals surface area contributed by atoms with E-state index in [1.807, 2.05) is 34.6 Å². The summed E-state index contributed by atoms with van der Waals surface area (Å²) in [6.45, 7) is 10.3. The fourth-order valence-electron chi connectivity index (χ4n) is 7.05. The van der Waals surface area contributed by atoms with Gasteiger partial charge >= 0.3 is 5.97 Å². The lowest BCUT2D eigenvalue weighted by Gasteiger charge is -2.36. The van der Waals surface area contributed by atoms with E-state index in [9.17, 15) is 33.6 Å². The molecule has 54 heavy (non-hydrogen) atoms. The zero-order valence-electron chi connectivity index (χ0n) is 33.0. The number of esters is 1. The fraction of sp³-hybridized carbons (Fsp3) is 0.683. The Bertz CT molecular complexity index is 1530. The fourth-order valence-corrected chi connectivity index (χ4v) is 10.4. The smallest absolute Gasteiger partial charge is 0.306 e. The molecule has 4 atom stereocenters. The maximum Gasteiger partial charge on any atom is 0.306 e. The van der Waals surface area contributed by atoms with Crippen LogP contribution >= 0.6 is 23.5 Å². The Balaban J connectivity index is 1.48. The lowest BCUT2D eigenvalue weighted by atomic mass is 9.77. The van der Waals surface area contributed by atoms with E-state index in [4.69, 9.17) is 4.74 Å². The summed E-state index contributed by atoms with van der Waals surface area (Å²) in [5, 5.41) is 2.72. The summed E-state index contributed by atoms with van der Waals surface area (Å²) in [4.78, 5) is 97.9. The molecule has 1 aliphatic carbocycles. The first-order valence-electron chi connectivity index (χ1n) is 19.3. The van der Waals surface area contributed by atoms with Crippen LogP contribution < -0.4 is 5.32 Å². The largest absolute Gasteiger partial charge is 0.465 e. The van der Waals surface area contributed by atoms with Gasteiger partial charge in [0.1, 0.15) is 6.04 Å². The molecule has 2 saturated heterocycles. The van der Waals surface area contributed by atoms with Crippen molar-refractivity contribution in [1.29, 1.82) is 0 Å². The predicted molar refractivity (Wildman–Crippen MR) is 211 cm³/mol. The summed E-state index contributed by atoms with van der Waals surface area (Å²) in [6.07, 6.45) is 2.81. The van der Waals surface area contributed by atoms with Gasteiger partial charge in [-0.1, -0.05) is 77.8 Å². The van der Waals surface area contributed by atoms with E-state index >= 15 is 0 Å². The van der Waals surface area contributed by atoms with E-state index in [-0.39, 0.29) is 65.8 Å². The number of ketones is 3. The highest BCUT2D eigenvalue weighted by Crippen LogP contribution is 2.51. The number of likely N-dealkylation sites (tertiary alicyclic amines) is 1. The van der Waals surface area contributed by atoms with Crippen LogP contribution in [0.15, 0.2) is 30.3 Å². The lowest BCUT2D eigenvalue weighted by Crippen LogP contribution is -2.48. The quantitative estimate of drug-likeness (QED) is 0.147. The van der Waals surface area contributed by atoms with Crippen LogP contribution in [-0.4, -0.2) is 99.7 Å². The van der Waals surface area contributed by atoms with Crippen LogP contribution in [0, 0.1) is 29.1 Å². The lowest BCUT2D eigenvalue weighted by molar-refractivity contribution is -0.153. The van der Waals surface area contributed by atoms with Crippen LogP contribution in [0.3, 0.4) is 0 Å². The normalized spacial score (nSPS) is 19.9. The average molecular weight is 786 g/mol. The Morgan fingerprint density at radius 1 is 0.963 bits per heavy atom. The highest BCUT2D eigenvalue weighted by Gasteiger charge is 2.52. The Kier molecular flexibility index (Phi) is 15.4. The van der Waals surface area contributed by atoms with Gasteiger partial charge in [0.2, 0.25) is 23.5 Å². The van der Waals surface area contributed by atoms with Crippen molar-refractivity contribution >= 4 is 64.6 Å². The first kappa shape index (κ1) is 43.5. The van der Waals surface area contributed by atoms with Gasteiger partial charge in [-0.15, -0.1) is 23.5 Å². The molecular formula is C41H59N3O8S2. The van der Waals surface area contributed by atoms with E-state index in [2.05, 4.69) is 5.32 Å². The summed E-state index contributed by atoms with van der Waals surface area (Å²) >= 11 is 3.54. The van der Waals surface area contributed by atoms with E-state index < -0.39 is 52.8 Å². The maximum atomic E-state index is 14.5. The molecule has 1 aromatic carbocycles. The monoisotopic (exact) mass is 785 g/mol. The van der Waals surface area contributed by atoms with Crippen LogP contribution in [0.25, 0.3) is 0 Å². The molecule has 0 radical (unpaired) electrons. The van der Waals surface area contributed by atoms with Crippen LogP contribution in [0.4, 0.5) is 0 Å². The predicted octanol–water partition coefficient (Wildman–Crippen LogP) is 5.64. The molecule has 11 nitrogen and oxygen atoms in total. The molecule has 0 bridgehead atoms. The minimum absolute atomic E-state index is 0.0972. The molecule has 3 aliphatic rings. The van der Waals surface area contributed by atoms with Crippen molar-refractivity contribution in [3.05, 3.63) is 35.9 Å². The van der Waals surface area contributed by atoms with Crippen molar-refractivity contribution in [3.8, 4) is 0 Å². The van der Waals surface area contributed by atoms with E-state index in [1.165, 1.54) is 4.90 Å². The first-order chi connectivity index (χ1) is 25.4. The Hall–Kier alpha value is -3.19. The molecular weight excluding hydrogens is 727 g/mol. The summed E-state index contributed by atoms with van der Waals surface area (Å²) in [5.41, 5.74) is 0.00913. The Morgan fingerprint density at radius 2 is 1.61 bits per heavy atom. The van der Waals surface area contributed by atoms with Gasteiger partial charge in [-0.05, 0) is 47.2 Å². The zero-order chi connectivity index (χ0) is 39.8. The van der Waals surface area contributed by atoms with Gasteiger partial charge in [0.15, 0.2) is 11.6 Å². The topological polar surface area (TPSA) is 147 Å². The summed E-state index contributed by atoms with van der Waals surface area (Å²) in [7, 11) is 3.18. The number of nitrogens with one attached hydrogen (secondary N) is 1. The number of thioether (sulfide) groups is 2. The number of hydrogen-bond acceptors (Lipinski definition) is 10. The van der Waals surface area contributed by atoms with Crippen LogP contribution in [-0.2, 0) is 38.3 Å². The summed E-state index contributed by atoms with van der Waals surface area (Å²) in [5.74, 6) is -2.55. The highest BCUT2D eigenvalue weighted by molar-refractivity contribution is 8.18. The molecule has 1 spiro atoms. The molecule has 0 aromatic heterocycles. The third kappa shape index (κ3) is 12.2. The molecule has 2 unspecified atom stereocenters. The van der Waals surface area contributed by atoms with Crippen molar-refractivity contribution in [1.82, 2.24) is 15.1 Å². The summed E-state index contributed by atoms with van der Waals surface area (Å²) < 4.78 is 5.11. The number of ether oxygens (including phenoxy) is 1. The molecule has 3 amide bonds. The molecule has 2 heterocycles. The van der Waals surface area contributed by atoms with Crippen molar-refractivity contribution in [2.45, 2.75) is 109 Å². The third-order valence-electron chi connectivity index (χ3n) is 10.4. The van der Waals surface area contributed by atoms with Crippen molar-refractivity contribution in [2.75, 3.05) is 38.8 Å². The van der Waals surface area contributed by atoms with Crippen molar-refractivity contribution in [3.63, 3.8) is 0 Å². The summed E-state index contributed by atoms with van der Waals surface area (Å²) in [6, 6.07) is 7.08. The second-order valence-corrected chi connectivity index (χ2v) is 20.0. The Morgan fingerprint density at radius 3 is 2.19 bits per heavy atom. The molecule has 4 rings (SSSR count). The minimum atomic E-state index is -0.941. The second kappa shape index (κ2) is 19.1. The highest BCUT2D eigenvalue weighted by atomic mass is 32.2. The van der Waals surface area contributed by atoms with Gasteiger partial charge in [-0.25, -0.2) is 0 Å². The maximum absolute atomic E-state index is 14.5. The number of carbonyl (C=O) groups is 7. The molecule has 3 fully saturated rings. The van der Waals surface area contributed by atoms with Gasteiger partial charge in [0.05, 0.1) is 29.1 Å². The number of amides is 3. The van der Waals surface area contributed by atoms with Gasteiger partial charge in [-0.2, -0.15) is 0 Å². The number of Topliss-reactive ketones (excluding diaryl/α,β-unsaturated/α-hetero) is 3. The minimum Gasteiger partial charge on any atom is -0.465 e. The Labute approximate surface area is 329 Å². The molecule has 298 valence electrons. The molecule has 1 N–H and O–H groups in total.